The van der Waals surface area contributed by atoms with E-state index < -0.39 is 0 Å². The molecule has 0 N–H and O–H groups in total. The molecule has 0 spiro atoms. The molecule has 0 bridgehead atoms. The summed E-state index contributed by atoms with van der Waals surface area (Å²) in [5.74, 6) is 0. The van der Waals surface area contributed by atoms with Gasteiger partial charge in [-0.2, -0.15) is 34.4 Å². The standard InChI is InChI=1S/C10H13.CH3.W/c1-7-5-8(2)10(4)9(3)6-7;;/h5H,1-4H3;1H3;/q2*-1;+2. The second kappa shape index (κ2) is 5.54. The largest absolute Gasteiger partial charge is 2.00 e. The van der Waals surface area contributed by atoms with Gasteiger partial charge in [-0.15, -0.1) is 0 Å². The van der Waals surface area contributed by atoms with Gasteiger partial charge in [0.2, 0.25) is 0 Å². The van der Waals surface area contributed by atoms with E-state index in [4.69, 9.17) is 0 Å². The van der Waals surface area contributed by atoms with Gasteiger partial charge in [0.1, 0.15) is 0 Å². The van der Waals surface area contributed by atoms with E-state index in [9.17, 15) is 0 Å². The van der Waals surface area contributed by atoms with E-state index in [0.29, 0.717) is 0 Å². The van der Waals surface area contributed by atoms with Crippen LogP contribution in [0.3, 0.4) is 0 Å². The van der Waals surface area contributed by atoms with Crippen LogP contribution in [-0.4, -0.2) is 0 Å². The maximum Gasteiger partial charge on any atom is 2.00 e. The molecule has 0 atom stereocenters. The molecule has 0 aliphatic rings. The normalized spacial score (nSPS) is 8.33. The Bertz CT molecular complexity index is 228. The molecule has 1 heteroatoms. The Hall–Kier alpha value is -0.0917. The molecule has 0 aliphatic carbocycles. The summed E-state index contributed by atoms with van der Waals surface area (Å²) in [6.07, 6.45) is 0. The Morgan fingerprint density at radius 3 is 2.00 bits per heavy atom. The summed E-state index contributed by atoms with van der Waals surface area (Å²) in [6, 6.07) is 5.45. The number of benzene rings is 1. The summed E-state index contributed by atoms with van der Waals surface area (Å²) < 4.78 is 0. The third kappa shape index (κ3) is 3.11. The van der Waals surface area contributed by atoms with Crippen LogP contribution < -0.4 is 0 Å². The fourth-order valence-corrected chi connectivity index (χ4v) is 1.15. The van der Waals surface area contributed by atoms with Crippen LogP contribution >= 0.6 is 0 Å². The fraction of sp³-hybridized carbons (Fsp3) is 0.364. The fourth-order valence-electron chi connectivity index (χ4n) is 1.15. The second-order valence-electron chi connectivity index (χ2n) is 2.89. The average molecular weight is 332 g/mol. The maximum atomic E-state index is 3.28. The van der Waals surface area contributed by atoms with E-state index in [2.05, 4.69) is 39.8 Å². The van der Waals surface area contributed by atoms with Gasteiger partial charge in [-0.1, -0.05) is 27.7 Å². The first-order valence-electron chi connectivity index (χ1n) is 3.58. The number of aryl methyl sites for hydroxylation is 3. The smallest absolute Gasteiger partial charge is 0.358 e. The molecule has 0 unspecified atom stereocenters. The summed E-state index contributed by atoms with van der Waals surface area (Å²) >= 11 is 0. The van der Waals surface area contributed by atoms with Gasteiger partial charge in [0.25, 0.3) is 0 Å². The van der Waals surface area contributed by atoms with Crippen molar-refractivity contribution < 1.29 is 21.1 Å². The van der Waals surface area contributed by atoms with Gasteiger partial charge >= 0.3 is 21.1 Å². The first kappa shape index (κ1) is 14.4. The van der Waals surface area contributed by atoms with E-state index in [1.54, 1.807) is 0 Å². The van der Waals surface area contributed by atoms with Crippen molar-refractivity contribution >= 4 is 0 Å². The summed E-state index contributed by atoms with van der Waals surface area (Å²) in [5.41, 5.74) is 5.25. The zero-order valence-corrected chi connectivity index (χ0v) is 11.4. The van der Waals surface area contributed by atoms with Crippen LogP contribution in [0.15, 0.2) is 6.07 Å². The van der Waals surface area contributed by atoms with E-state index in [1.165, 1.54) is 22.3 Å². The topological polar surface area (TPSA) is 0 Å². The van der Waals surface area contributed by atoms with Crippen LogP contribution in [0.4, 0.5) is 0 Å². The minimum absolute atomic E-state index is 0. The van der Waals surface area contributed by atoms with Crippen LogP contribution in [0.1, 0.15) is 22.3 Å². The predicted molar refractivity (Wildman–Crippen MR) is 50.6 cm³/mol. The van der Waals surface area contributed by atoms with Crippen molar-refractivity contribution in [2.75, 3.05) is 0 Å². The Balaban J connectivity index is 0. The van der Waals surface area contributed by atoms with Crippen molar-refractivity contribution in [3.63, 3.8) is 0 Å². The van der Waals surface area contributed by atoms with Gasteiger partial charge in [-0.25, -0.2) is 0 Å². The summed E-state index contributed by atoms with van der Waals surface area (Å²) in [5, 5.41) is 0. The molecule has 1 aromatic carbocycles. The molecule has 0 aliphatic heterocycles. The molecule has 1 aromatic rings. The molecule has 66 valence electrons. The van der Waals surface area contributed by atoms with Gasteiger partial charge in [-0.3, -0.25) is 0 Å². The van der Waals surface area contributed by atoms with E-state index >= 15 is 0 Å². The van der Waals surface area contributed by atoms with Crippen LogP contribution in [0, 0.1) is 41.2 Å². The van der Waals surface area contributed by atoms with Gasteiger partial charge in [-0.05, 0) is 0 Å². The molecule has 0 aromatic heterocycles. The monoisotopic (exact) mass is 332 g/mol. The Labute approximate surface area is 90.7 Å². The van der Waals surface area contributed by atoms with E-state index in [0.717, 1.165) is 0 Å². The number of hydrogen-bond donors (Lipinski definition) is 0. The molecule has 0 amide bonds. The van der Waals surface area contributed by atoms with Gasteiger partial charge in [0, 0.05) is 0 Å². The van der Waals surface area contributed by atoms with Crippen LogP contribution in [0.5, 0.6) is 0 Å². The van der Waals surface area contributed by atoms with Crippen molar-refractivity contribution in [2.24, 2.45) is 0 Å². The molecule has 12 heavy (non-hydrogen) atoms. The molecule has 0 heterocycles. The van der Waals surface area contributed by atoms with Gasteiger partial charge in [0.05, 0.1) is 0 Å². The second-order valence-corrected chi connectivity index (χ2v) is 2.89. The maximum absolute atomic E-state index is 3.28. The molecule has 0 nitrogen and oxygen atoms in total. The van der Waals surface area contributed by atoms with Crippen molar-refractivity contribution in [3.05, 3.63) is 41.8 Å². The summed E-state index contributed by atoms with van der Waals surface area (Å²) in [7, 11) is 0. The Morgan fingerprint density at radius 2 is 1.58 bits per heavy atom. The van der Waals surface area contributed by atoms with Gasteiger partial charge in [0.15, 0.2) is 0 Å². The molecule has 1 rings (SSSR count). The molecule has 0 radical (unpaired) electrons. The number of hydrogen-bond acceptors (Lipinski definition) is 0. The third-order valence-corrected chi connectivity index (χ3v) is 1.97. The summed E-state index contributed by atoms with van der Waals surface area (Å²) in [6.45, 7) is 8.47. The predicted octanol–water partition coefficient (Wildman–Crippen LogP) is 3.17. The minimum atomic E-state index is 0. The first-order valence-corrected chi connectivity index (χ1v) is 3.58. The van der Waals surface area contributed by atoms with Gasteiger partial charge < -0.3 is 7.43 Å². The molecule has 0 fully saturated rings. The SMILES string of the molecule is Cc1[c-]c(C)c(C)c(C)c1.[CH3-].[W+2]. The van der Waals surface area contributed by atoms with Crippen molar-refractivity contribution in [2.45, 2.75) is 27.7 Å². The van der Waals surface area contributed by atoms with Crippen LogP contribution in [0.25, 0.3) is 0 Å². The Morgan fingerprint density at radius 1 is 1.08 bits per heavy atom. The molecule has 0 saturated heterocycles. The zero-order chi connectivity index (χ0) is 7.72. The average Bonchev–Trinajstić information content (AvgIpc) is 1.82. The molecular weight excluding hydrogens is 316 g/mol. The Kier molecular flexibility index (Phi) is 6.66. The zero-order valence-electron chi connectivity index (χ0n) is 8.49. The van der Waals surface area contributed by atoms with Crippen LogP contribution in [0.2, 0.25) is 0 Å². The van der Waals surface area contributed by atoms with Crippen molar-refractivity contribution in [1.29, 1.82) is 0 Å². The van der Waals surface area contributed by atoms with Crippen LogP contribution in [-0.2, 0) is 21.1 Å². The minimum Gasteiger partial charge on any atom is -0.358 e. The van der Waals surface area contributed by atoms with E-state index in [1.807, 2.05) is 0 Å². The quantitative estimate of drug-likeness (QED) is 0.640. The van der Waals surface area contributed by atoms with Crippen molar-refractivity contribution in [3.8, 4) is 0 Å². The van der Waals surface area contributed by atoms with Crippen molar-refractivity contribution in [1.82, 2.24) is 0 Å². The van der Waals surface area contributed by atoms with E-state index in [-0.39, 0.29) is 28.5 Å². The summed E-state index contributed by atoms with van der Waals surface area (Å²) in [4.78, 5) is 0. The first-order chi connectivity index (χ1) is 4.61. The molecule has 0 saturated carbocycles. The number of rotatable bonds is 0. The molecular formula is C11H16W. The third-order valence-electron chi connectivity index (χ3n) is 1.97.